The second kappa shape index (κ2) is 5.66. The fraction of sp³-hybridized carbons (Fsp3) is 0.357. The van der Waals surface area contributed by atoms with E-state index in [0.29, 0.717) is 28.7 Å². The topological polar surface area (TPSA) is 80.9 Å². The first-order chi connectivity index (χ1) is 9.69. The highest BCUT2D eigenvalue weighted by Gasteiger charge is 2.18. The lowest BCUT2D eigenvalue weighted by atomic mass is 9.96. The first-order valence-electron chi connectivity index (χ1n) is 6.37. The molecule has 0 aliphatic rings. The number of primary amides is 1. The van der Waals surface area contributed by atoms with E-state index in [9.17, 15) is 4.79 Å². The summed E-state index contributed by atoms with van der Waals surface area (Å²) in [6.07, 6.45) is 1.40. The summed E-state index contributed by atoms with van der Waals surface area (Å²) >= 11 is 12.0. The Hall–Kier alpha value is -1.59. The van der Waals surface area contributed by atoms with Crippen molar-refractivity contribution >= 4 is 45.7 Å². The van der Waals surface area contributed by atoms with Crippen LogP contribution in [0.5, 0.6) is 0 Å². The van der Waals surface area contributed by atoms with Gasteiger partial charge in [-0.25, -0.2) is 4.98 Å². The van der Waals surface area contributed by atoms with Gasteiger partial charge in [0, 0.05) is 18.1 Å². The van der Waals surface area contributed by atoms with Crippen molar-refractivity contribution < 1.29 is 4.79 Å². The second-order valence-electron chi connectivity index (χ2n) is 5.96. The van der Waals surface area contributed by atoms with Crippen LogP contribution in [0.4, 0.5) is 5.69 Å². The van der Waals surface area contributed by atoms with Crippen molar-refractivity contribution in [1.82, 2.24) is 9.97 Å². The predicted molar refractivity (Wildman–Crippen MR) is 86.0 cm³/mol. The van der Waals surface area contributed by atoms with Gasteiger partial charge in [0.05, 0.1) is 11.3 Å². The van der Waals surface area contributed by atoms with Crippen molar-refractivity contribution in [3.8, 4) is 0 Å². The molecule has 0 radical (unpaired) electrons. The van der Waals surface area contributed by atoms with Gasteiger partial charge in [-0.05, 0) is 11.5 Å². The van der Waals surface area contributed by atoms with Crippen LogP contribution < -0.4 is 11.1 Å². The molecule has 1 amide bonds. The molecule has 5 nitrogen and oxygen atoms in total. The monoisotopic (exact) mass is 326 g/mol. The van der Waals surface area contributed by atoms with Crippen molar-refractivity contribution in [2.45, 2.75) is 20.8 Å². The second-order valence-corrected chi connectivity index (χ2v) is 6.70. The summed E-state index contributed by atoms with van der Waals surface area (Å²) in [6.45, 7) is 6.88. The number of nitrogens with one attached hydrogen (secondary N) is 1. The summed E-state index contributed by atoms with van der Waals surface area (Å²) in [4.78, 5) is 19.7. The van der Waals surface area contributed by atoms with Gasteiger partial charge in [-0.3, -0.25) is 9.78 Å². The number of amides is 1. The summed E-state index contributed by atoms with van der Waals surface area (Å²) in [7, 11) is 0. The highest BCUT2D eigenvalue weighted by atomic mass is 35.5. The zero-order chi connectivity index (χ0) is 15.8. The Bertz CT molecular complexity index is 710. The summed E-state index contributed by atoms with van der Waals surface area (Å²) in [5.41, 5.74) is 6.79. The van der Waals surface area contributed by atoms with Crippen LogP contribution in [-0.2, 0) is 0 Å². The van der Waals surface area contributed by atoms with Crippen LogP contribution in [0.1, 0.15) is 31.1 Å². The molecule has 2 rings (SSSR count). The van der Waals surface area contributed by atoms with Crippen LogP contribution in [0.15, 0.2) is 12.3 Å². The Morgan fingerprint density at radius 1 is 1.38 bits per heavy atom. The van der Waals surface area contributed by atoms with E-state index in [4.69, 9.17) is 28.9 Å². The van der Waals surface area contributed by atoms with Gasteiger partial charge in [-0.15, -0.1) is 0 Å². The van der Waals surface area contributed by atoms with E-state index in [2.05, 4.69) is 36.1 Å². The minimum absolute atomic E-state index is 0.0190. The lowest BCUT2D eigenvalue weighted by molar-refractivity contribution is 0.100. The summed E-state index contributed by atoms with van der Waals surface area (Å²) < 4.78 is 0. The molecule has 0 aliphatic carbocycles. The molecule has 0 fully saturated rings. The number of carbonyl (C=O) groups is 1. The number of pyridine rings is 2. The van der Waals surface area contributed by atoms with Gasteiger partial charge in [0.15, 0.2) is 5.15 Å². The molecule has 7 heteroatoms. The van der Waals surface area contributed by atoms with E-state index in [1.165, 1.54) is 6.20 Å². The number of fused-ring (bicyclic) bond motifs is 1. The molecule has 0 saturated carbocycles. The Morgan fingerprint density at radius 2 is 2.05 bits per heavy atom. The smallest absolute Gasteiger partial charge is 0.252 e. The van der Waals surface area contributed by atoms with Crippen LogP contribution in [0.25, 0.3) is 10.9 Å². The van der Waals surface area contributed by atoms with Crippen molar-refractivity contribution in [2.24, 2.45) is 11.1 Å². The van der Waals surface area contributed by atoms with E-state index < -0.39 is 5.91 Å². The third-order valence-corrected chi connectivity index (χ3v) is 3.30. The molecule has 0 atom stereocenters. The fourth-order valence-corrected chi connectivity index (χ4v) is 2.34. The molecule has 0 aromatic carbocycles. The minimum atomic E-state index is -0.565. The zero-order valence-corrected chi connectivity index (χ0v) is 13.5. The van der Waals surface area contributed by atoms with Crippen molar-refractivity contribution in [1.29, 1.82) is 0 Å². The van der Waals surface area contributed by atoms with E-state index in [-0.39, 0.29) is 15.7 Å². The molecule has 0 bridgehead atoms. The molecule has 2 heterocycles. The average molecular weight is 327 g/mol. The number of nitrogens with two attached hydrogens (primary N) is 1. The van der Waals surface area contributed by atoms with Crippen LogP contribution >= 0.6 is 23.2 Å². The number of carbonyl (C=O) groups excluding carboxylic acids is 1. The van der Waals surface area contributed by atoms with Crippen LogP contribution in [0.3, 0.4) is 0 Å². The molecule has 0 unspecified atom stereocenters. The van der Waals surface area contributed by atoms with E-state index in [1.54, 1.807) is 6.07 Å². The van der Waals surface area contributed by atoms with E-state index >= 15 is 0 Å². The molecule has 2 aromatic rings. The summed E-state index contributed by atoms with van der Waals surface area (Å²) in [6, 6.07) is 1.62. The lowest BCUT2D eigenvalue weighted by Gasteiger charge is -2.21. The van der Waals surface area contributed by atoms with Gasteiger partial charge in [0.1, 0.15) is 10.7 Å². The Kier molecular flexibility index (Phi) is 4.25. The van der Waals surface area contributed by atoms with Gasteiger partial charge in [0.25, 0.3) is 5.91 Å². The fourth-order valence-electron chi connectivity index (χ4n) is 1.86. The maximum Gasteiger partial charge on any atom is 0.252 e. The number of rotatable bonds is 3. The molecule has 3 N–H and O–H groups in total. The number of halogens is 2. The van der Waals surface area contributed by atoms with Gasteiger partial charge in [0.2, 0.25) is 0 Å². The highest BCUT2D eigenvalue weighted by Crippen LogP contribution is 2.32. The number of aromatic nitrogens is 2. The standard InChI is InChI=1S/C14H16Cl2N4O/c1-14(2,3)6-19-10-7-4-9(15)20-12(16)11(7)18-5-8(10)13(17)21/h4-5H,6H2,1-3H3,(H2,17,21)(H,18,19). The molecular weight excluding hydrogens is 311 g/mol. The van der Waals surface area contributed by atoms with Gasteiger partial charge in [-0.2, -0.15) is 0 Å². The average Bonchev–Trinajstić information content (AvgIpc) is 2.34. The van der Waals surface area contributed by atoms with E-state index in [0.717, 1.165) is 0 Å². The Balaban J connectivity index is 2.66. The Morgan fingerprint density at radius 3 is 2.62 bits per heavy atom. The van der Waals surface area contributed by atoms with E-state index in [1.807, 2.05) is 0 Å². The molecule has 0 aliphatic heterocycles. The van der Waals surface area contributed by atoms with Gasteiger partial charge in [-0.1, -0.05) is 44.0 Å². The maximum absolute atomic E-state index is 11.6. The number of hydrogen-bond acceptors (Lipinski definition) is 4. The lowest BCUT2D eigenvalue weighted by Crippen LogP contribution is -2.22. The number of hydrogen-bond donors (Lipinski definition) is 2. The molecule has 2 aromatic heterocycles. The third kappa shape index (κ3) is 3.54. The predicted octanol–water partition coefficient (Wildman–Crippen LogP) is 3.49. The summed E-state index contributed by atoms with van der Waals surface area (Å²) in [5, 5.41) is 4.29. The molecule has 0 saturated heterocycles. The van der Waals surface area contributed by atoms with Crippen molar-refractivity contribution in [2.75, 3.05) is 11.9 Å². The van der Waals surface area contributed by atoms with Gasteiger partial charge >= 0.3 is 0 Å². The van der Waals surface area contributed by atoms with Crippen LogP contribution in [0, 0.1) is 5.41 Å². The Labute approximate surface area is 132 Å². The SMILES string of the molecule is CC(C)(C)CNc1c(C(N)=O)cnc2c(Cl)nc(Cl)cc12. The third-order valence-electron chi connectivity index (χ3n) is 2.84. The highest BCUT2D eigenvalue weighted by molar-refractivity contribution is 6.36. The molecular formula is C14H16Cl2N4O. The first kappa shape index (κ1) is 15.8. The largest absolute Gasteiger partial charge is 0.383 e. The number of nitrogens with zero attached hydrogens (tertiary/aromatic N) is 2. The first-order valence-corrected chi connectivity index (χ1v) is 7.13. The van der Waals surface area contributed by atoms with Crippen LogP contribution in [-0.4, -0.2) is 22.4 Å². The van der Waals surface area contributed by atoms with Crippen molar-refractivity contribution in [3.63, 3.8) is 0 Å². The normalized spacial score (nSPS) is 11.7. The van der Waals surface area contributed by atoms with Crippen LogP contribution in [0.2, 0.25) is 10.3 Å². The summed E-state index contributed by atoms with van der Waals surface area (Å²) in [5.74, 6) is -0.565. The van der Waals surface area contributed by atoms with Gasteiger partial charge < -0.3 is 11.1 Å². The zero-order valence-electron chi connectivity index (χ0n) is 12.0. The maximum atomic E-state index is 11.6. The number of anilines is 1. The van der Waals surface area contributed by atoms with Crippen molar-refractivity contribution in [3.05, 3.63) is 28.1 Å². The molecule has 0 spiro atoms. The minimum Gasteiger partial charge on any atom is -0.383 e. The quantitative estimate of drug-likeness (QED) is 0.846. The molecule has 21 heavy (non-hydrogen) atoms. The molecule has 112 valence electrons.